The van der Waals surface area contributed by atoms with E-state index < -0.39 is 0 Å². The molecule has 0 radical (unpaired) electrons. The van der Waals surface area contributed by atoms with Gasteiger partial charge in [0.25, 0.3) is 0 Å². The molecule has 0 saturated carbocycles. The summed E-state index contributed by atoms with van der Waals surface area (Å²) in [6.45, 7) is 4.32. The van der Waals surface area contributed by atoms with Crippen molar-refractivity contribution in [1.82, 2.24) is 5.32 Å². The van der Waals surface area contributed by atoms with Crippen LogP contribution in [0.5, 0.6) is 11.5 Å². The highest BCUT2D eigenvalue weighted by molar-refractivity contribution is 6.01. The Kier molecular flexibility index (Phi) is 5.47. The van der Waals surface area contributed by atoms with Gasteiger partial charge in [-0.15, -0.1) is 0 Å². The van der Waals surface area contributed by atoms with Gasteiger partial charge in [-0.1, -0.05) is 6.92 Å². The molecule has 0 aliphatic carbocycles. The molecule has 2 atom stereocenters. The van der Waals surface area contributed by atoms with Crippen molar-refractivity contribution < 1.29 is 19.1 Å². The lowest BCUT2D eigenvalue weighted by molar-refractivity contribution is -0.126. The molecule has 1 aliphatic heterocycles. The number of carbonyl (C=O) groups is 2. The summed E-state index contributed by atoms with van der Waals surface area (Å²) in [4.78, 5) is 26.2. The summed E-state index contributed by atoms with van der Waals surface area (Å²) in [5.74, 6) is 0.730. The first-order chi connectivity index (χ1) is 11.0. The summed E-state index contributed by atoms with van der Waals surface area (Å²) in [5, 5.41) is 2.94. The van der Waals surface area contributed by atoms with E-state index in [9.17, 15) is 9.59 Å². The summed E-state index contributed by atoms with van der Waals surface area (Å²) in [5.41, 5.74) is 0.635. The van der Waals surface area contributed by atoms with Crippen LogP contribution in [0.4, 0.5) is 5.69 Å². The molecule has 1 N–H and O–H groups in total. The number of amides is 2. The number of nitrogens with one attached hydrogen (secondary N) is 1. The number of hydrogen-bond donors (Lipinski definition) is 1. The fourth-order valence-corrected chi connectivity index (χ4v) is 2.59. The minimum atomic E-state index is -0.340. The van der Waals surface area contributed by atoms with Gasteiger partial charge < -0.3 is 19.7 Å². The molecule has 1 aliphatic rings. The van der Waals surface area contributed by atoms with Gasteiger partial charge in [-0.3, -0.25) is 9.59 Å². The van der Waals surface area contributed by atoms with Crippen LogP contribution in [0.25, 0.3) is 0 Å². The first kappa shape index (κ1) is 17.1. The Balaban J connectivity index is 2.19. The molecule has 1 fully saturated rings. The van der Waals surface area contributed by atoms with Crippen molar-refractivity contribution in [2.75, 3.05) is 25.7 Å². The van der Waals surface area contributed by atoms with Crippen LogP contribution in [0.2, 0.25) is 0 Å². The lowest BCUT2D eigenvalue weighted by Crippen LogP contribution is -2.38. The Bertz CT molecular complexity index is 588. The summed E-state index contributed by atoms with van der Waals surface area (Å²) < 4.78 is 10.6. The van der Waals surface area contributed by atoms with Gasteiger partial charge in [0.05, 0.1) is 25.8 Å². The molecule has 1 aromatic carbocycles. The lowest BCUT2D eigenvalue weighted by atomic mass is 10.1. The number of benzene rings is 1. The predicted octanol–water partition coefficient (Wildman–Crippen LogP) is 1.97. The van der Waals surface area contributed by atoms with Crippen molar-refractivity contribution in [3.05, 3.63) is 18.2 Å². The Morgan fingerprint density at radius 2 is 2.13 bits per heavy atom. The molecular weight excluding hydrogens is 296 g/mol. The van der Waals surface area contributed by atoms with Gasteiger partial charge in [-0.25, -0.2) is 0 Å². The second kappa shape index (κ2) is 7.35. The first-order valence-corrected chi connectivity index (χ1v) is 7.82. The van der Waals surface area contributed by atoms with E-state index in [2.05, 4.69) is 5.32 Å². The fourth-order valence-electron chi connectivity index (χ4n) is 2.59. The minimum Gasteiger partial charge on any atom is -0.497 e. The summed E-state index contributed by atoms with van der Waals surface area (Å²) >= 11 is 0. The lowest BCUT2D eigenvalue weighted by Gasteiger charge is -2.20. The molecule has 6 heteroatoms. The zero-order valence-corrected chi connectivity index (χ0v) is 14.1. The van der Waals surface area contributed by atoms with Crippen LogP contribution in [0.3, 0.4) is 0 Å². The Morgan fingerprint density at radius 1 is 1.39 bits per heavy atom. The normalized spacial score (nSPS) is 18.7. The maximum atomic E-state index is 12.4. The first-order valence-electron chi connectivity index (χ1n) is 7.82. The summed E-state index contributed by atoms with van der Waals surface area (Å²) in [6.07, 6.45) is 1.07. The molecule has 23 heavy (non-hydrogen) atoms. The average molecular weight is 320 g/mol. The number of ether oxygens (including phenoxy) is 2. The van der Waals surface area contributed by atoms with Crippen LogP contribution in [-0.2, 0) is 9.59 Å². The third kappa shape index (κ3) is 3.75. The standard InChI is InChI=1S/C17H24N2O4/c1-5-11(2)18-17(21)12-8-16(20)19(10-12)14-9-13(22-3)6-7-15(14)23-4/h6-7,9,11-12H,5,8,10H2,1-4H3,(H,18,21)/t11-,12+/m1/s1. The van der Waals surface area contributed by atoms with Crippen molar-refractivity contribution in [3.8, 4) is 11.5 Å². The van der Waals surface area contributed by atoms with Gasteiger partial charge in [0.1, 0.15) is 11.5 Å². The van der Waals surface area contributed by atoms with Gasteiger partial charge in [-0.05, 0) is 25.5 Å². The predicted molar refractivity (Wildman–Crippen MR) is 87.9 cm³/mol. The Morgan fingerprint density at radius 3 is 2.74 bits per heavy atom. The van der Waals surface area contributed by atoms with E-state index in [4.69, 9.17) is 9.47 Å². The molecule has 0 unspecified atom stereocenters. The van der Waals surface area contributed by atoms with Gasteiger partial charge in [0.15, 0.2) is 0 Å². The van der Waals surface area contributed by atoms with Gasteiger partial charge >= 0.3 is 0 Å². The molecule has 0 bridgehead atoms. The third-order valence-corrected chi connectivity index (χ3v) is 4.17. The largest absolute Gasteiger partial charge is 0.497 e. The van der Waals surface area contributed by atoms with Crippen LogP contribution < -0.4 is 19.7 Å². The second-order valence-corrected chi connectivity index (χ2v) is 5.76. The van der Waals surface area contributed by atoms with E-state index in [-0.39, 0.29) is 30.2 Å². The highest BCUT2D eigenvalue weighted by Gasteiger charge is 2.36. The maximum absolute atomic E-state index is 12.4. The molecule has 0 spiro atoms. The molecule has 0 aromatic heterocycles. The Labute approximate surface area is 136 Å². The van der Waals surface area contributed by atoms with Crippen molar-refractivity contribution >= 4 is 17.5 Å². The molecule has 2 amide bonds. The van der Waals surface area contributed by atoms with Crippen LogP contribution >= 0.6 is 0 Å². The second-order valence-electron chi connectivity index (χ2n) is 5.76. The smallest absolute Gasteiger partial charge is 0.227 e. The molecule has 126 valence electrons. The third-order valence-electron chi connectivity index (χ3n) is 4.17. The number of carbonyl (C=O) groups excluding carboxylic acids is 2. The van der Waals surface area contributed by atoms with E-state index >= 15 is 0 Å². The SMILES string of the molecule is CC[C@@H](C)NC(=O)[C@H]1CC(=O)N(c2cc(OC)ccc2OC)C1. The van der Waals surface area contributed by atoms with Crippen molar-refractivity contribution in [2.24, 2.45) is 5.92 Å². The average Bonchev–Trinajstić information content (AvgIpc) is 2.95. The van der Waals surface area contributed by atoms with E-state index in [0.29, 0.717) is 23.7 Å². The van der Waals surface area contributed by atoms with Gasteiger partial charge in [0, 0.05) is 25.1 Å². The highest BCUT2D eigenvalue weighted by Crippen LogP contribution is 2.36. The van der Waals surface area contributed by atoms with Crippen LogP contribution in [0.15, 0.2) is 18.2 Å². The molecule has 1 aromatic rings. The van der Waals surface area contributed by atoms with Crippen LogP contribution in [0.1, 0.15) is 26.7 Å². The van der Waals surface area contributed by atoms with Crippen molar-refractivity contribution in [3.63, 3.8) is 0 Å². The minimum absolute atomic E-state index is 0.0722. The number of nitrogens with zero attached hydrogens (tertiary/aromatic N) is 1. The molecule has 2 rings (SSSR count). The summed E-state index contributed by atoms with van der Waals surface area (Å²) in [7, 11) is 3.12. The summed E-state index contributed by atoms with van der Waals surface area (Å²) in [6, 6.07) is 5.40. The van der Waals surface area contributed by atoms with E-state index in [1.54, 1.807) is 37.3 Å². The van der Waals surface area contributed by atoms with E-state index in [0.717, 1.165) is 6.42 Å². The van der Waals surface area contributed by atoms with Gasteiger partial charge in [-0.2, -0.15) is 0 Å². The van der Waals surface area contributed by atoms with E-state index in [1.165, 1.54) is 0 Å². The number of hydrogen-bond acceptors (Lipinski definition) is 4. The van der Waals surface area contributed by atoms with Crippen LogP contribution in [0, 0.1) is 5.92 Å². The number of methoxy groups -OCH3 is 2. The monoisotopic (exact) mass is 320 g/mol. The Hall–Kier alpha value is -2.24. The quantitative estimate of drug-likeness (QED) is 0.870. The molecular formula is C17H24N2O4. The van der Waals surface area contributed by atoms with Crippen molar-refractivity contribution in [1.29, 1.82) is 0 Å². The van der Waals surface area contributed by atoms with Crippen LogP contribution in [-0.4, -0.2) is 38.6 Å². The molecule has 1 heterocycles. The molecule has 6 nitrogen and oxygen atoms in total. The highest BCUT2D eigenvalue weighted by atomic mass is 16.5. The topological polar surface area (TPSA) is 67.9 Å². The maximum Gasteiger partial charge on any atom is 0.227 e. The van der Waals surface area contributed by atoms with E-state index in [1.807, 2.05) is 13.8 Å². The zero-order chi connectivity index (χ0) is 17.0. The van der Waals surface area contributed by atoms with Crippen molar-refractivity contribution in [2.45, 2.75) is 32.7 Å². The fraction of sp³-hybridized carbons (Fsp3) is 0.529. The number of rotatable bonds is 6. The van der Waals surface area contributed by atoms with Gasteiger partial charge in [0.2, 0.25) is 11.8 Å². The zero-order valence-electron chi connectivity index (χ0n) is 14.1. The number of anilines is 1. The molecule has 1 saturated heterocycles.